The van der Waals surface area contributed by atoms with Crippen molar-refractivity contribution in [3.05, 3.63) is 11.3 Å². The first kappa shape index (κ1) is 15.1. The predicted octanol–water partition coefficient (Wildman–Crippen LogP) is 1.04. The minimum atomic E-state index is -3.54. The number of nitrogens with two attached hydrogens (primary N) is 1. The van der Waals surface area contributed by atoms with Crippen LogP contribution in [-0.2, 0) is 16.6 Å². The van der Waals surface area contributed by atoms with Crippen molar-refractivity contribution in [2.24, 2.45) is 5.73 Å². The largest absolute Gasteiger partial charge is 0.326 e. The molecule has 0 spiro atoms. The Morgan fingerprint density at radius 2 is 2.06 bits per heavy atom. The van der Waals surface area contributed by atoms with Crippen LogP contribution in [0.2, 0.25) is 0 Å². The molecule has 0 aliphatic carbocycles. The van der Waals surface area contributed by atoms with Gasteiger partial charge in [-0.05, 0) is 13.3 Å². The van der Waals surface area contributed by atoms with Gasteiger partial charge < -0.3 is 5.73 Å². The molecular weight excluding hydrogens is 252 g/mol. The quantitative estimate of drug-likeness (QED) is 0.616. The van der Waals surface area contributed by atoms with Crippen LogP contribution in [0.4, 0.5) is 0 Å². The van der Waals surface area contributed by atoms with Crippen LogP contribution in [0, 0.1) is 6.92 Å². The third-order valence-corrected chi connectivity index (χ3v) is 4.25. The highest BCUT2D eigenvalue weighted by Crippen LogP contribution is 2.15. The summed E-state index contributed by atoms with van der Waals surface area (Å²) in [5, 5.41) is 6.50. The maximum Gasteiger partial charge on any atom is 0.260 e. The van der Waals surface area contributed by atoms with Crippen LogP contribution in [0.3, 0.4) is 0 Å². The second kappa shape index (κ2) is 6.86. The van der Waals surface area contributed by atoms with Gasteiger partial charge >= 0.3 is 0 Å². The molecule has 1 rings (SSSR count). The number of nitrogens with zero attached hydrogens (tertiary/aromatic N) is 1. The van der Waals surface area contributed by atoms with Crippen LogP contribution in [-0.4, -0.2) is 25.2 Å². The summed E-state index contributed by atoms with van der Waals surface area (Å²) in [6.45, 7) is 4.48. The van der Waals surface area contributed by atoms with Crippen LogP contribution in [0.25, 0.3) is 0 Å². The van der Waals surface area contributed by atoms with Crippen molar-refractivity contribution in [3.8, 4) is 0 Å². The molecule has 0 aliphatic rings. The van der Waals surface area contributed by atoms with Crippen molar-refractivity contribution in [2.45, 2.75) is 51.1 Å². The molecule has 1 heterocycles. The summed E-state index contributed by atoms with van der Waals surface area (Å²) >= 11 is 0. The van der Waals surface area contributed by atoms with Crippen LogP contribution in [0.5, 0.6) is 0 Å². The zero-order valence-corrected chi connectivity index (χ0v) is 11.8. The Kier molecular flexibility index (Phi) is 5.77. The number of aryl methyl sites for hydroxylation is 1. The van der Waals surface area contributed by atoms with Crippen LogP contribution < -0.4 is 10.5 Å². The first-order chi connectivity index (χ1) is 8.53. The normalized spacial score (nSPS) is 11.9. The second-order valence-electron chi connectivity index (χ2n) is 4.29. The molecule has 1 aromatic rings. The van der Waals surface area contributed by atoms with Crippen molar-refractivity contribution in [1.82, 2.24) is 14.9 Å². The molecule has 4 N–H and O–H groups in total. The van der Waals surface area contributed by atoms with Crippen molar-refractivity contribution < 1.29 is 8.42 Å². The Hall–Kier alpha value is -0.920. The van der Waals surface area contributed by atoms with Crippen LogP contribution >= 0.6 is 0 Å². The molecule has 0 fully saturated rings. The molecule has 104 valence electrons. The summed E-state index contributed by atoms with van der Waals surface area (Å²) in [7, 11) is -3.54. The maximum absolute atomic E-state index is 12.0. The molecule has 0 aromatic carbocycles. The molecule has 0 unspecified atom stereocenters. The monoisotopic (exact) mass is 274 g/mol. The third kappa shape index (κ3) is 3.79. The van der Waals surface area contributed by atoms with Crippen LogP contribution in [0.1, 0.15) is 43.9 Å². The summed E-state index contributed by atoms with van der Waals surface area (Å²) in [5.74, 6) is 0. The number of nitrogens with one attached hydrogen (secondary N) is 2. The zero-order valence-electron chi connectivity index (χ0n) is 11.0. The van der Waals surface area contributed by atoms with Gasteiger partial charge in [-0.25, -0.2) is 13.1 Å². The number of sulfonamides is 1. The topological polar surface area (TPSA) is 101 Å². The van der Waals surface area contributed by atoms with E-state index in [-0.39, 0.29) is 11.6 Å². The Labute approximate surface area is 108 Å². The van der Waals surface area contributed by atoms with E-state index in [0.717, 1.165) is 25.7 Å². The van der Waals surface area contributed by atoms with E-state index in [1.54, 1.807) is 6.92 Å². The van der Waals surface area contributed by atoms with Crippen molar-refractivity contribution in [2.75, 3.05) is 6.54 Å². The molecule has 18 heavy (non-hydrogen) atoms. The fourth-order valence-corrected chi connectivity index (χ4v) is 3.00. The Balaban J connectivity index is 2.63. The number of unbranched alkanes of at least 4 members (excludes halogenated alkanes) is 3. The smallest absolute Gasteiger partial charge is 0.260 e. The number of hydrogen-bond donors (Lipinski definition) is 3. The number of H-pyrrole nitrogens is 1. The molecule has 7 heteroatoms. The lowest BCUT2D eigenvalue weighted by atomic mass is 10.2. The average Bonchev–Trinajstić information content (AvgIpc) is 2.70. The van der Waals surface area contributed by atoms with E-state index in [0.29, 0.717) is 17.8 Å². The first-order valence-electron chi connectivity index (χ1n) is 6.26. The number of aromatic nitrogens is 2. The molecule has 0 amide bonds. The van der Waals surface area contributed by atoms with E-state index in [1.165, 1.54) is 0 Å². The highest BCUT2D eigenvalue weighted by Gasteiger charge is 2.22. The molecule has 0 bridgehead atoms. The summed E-state index contributed by atoms with van der Waals surface area (Å²) < 4.78 is 26.6. The second-order valence-corrected chi connectivity index (χ2v) is 5.98. The fourth-order valence-electron chi connectivity index (χ4n) is 1.72. The van der Waals surface area contributed by atoms with Gasteiger partial charge in [-0.15, -0.1) is 0 Å². The molecule has 0 atom stereocenters. The number of rotatable bonds is 8. The Morgan fingerprint density at radius 3 is 2.67 bits per heavy atom. The van der Waals surface area contributed by atoms with Gasteiger partial charge in [0.1, 0.15) is 0 Å². The van der Waals surface area contributed by atoms with Gasteiger partial charge in [-0.1, -0.05) is 26.2 Å². The van der Waals surface area contributed by atoms with Gasteiger partial charge in [-0.3, -0.25) is 5.10 Å². The molecule has 0 radical (unpaired) electrons. The Morgan fingerprint density at radius 1 is 1.33 bits per heavy atom. The van der Waals surface area contributed by atoms with Gasteiger partial charge in [-0.2, -0.15) is 5.10 Å². The zero-order chi connectivity index (χ0) is 13.6. The SMILES string of the molecule is CCCCCCNS(=O)(=O)c1n[nH]c(C)c1CN. The van der Waals surface area contributed by atoms with E-state index >= 15 is 0 Å². The van der Waals surface area contributed by atoms with Gasteiger partial charge in [0.25, 0.3) is 10.0 Å². The highest BCUT2D eigenvalue weighted by atomic mass is 32.2. The standard InChI is InChI=1S/C11H22N4O2S/c1-3-4-5-6-7-13-18(16,17)11-10(8-12)9(2)14-15-11/h13H,3-8,12H2,1-2H3,(H,14,15). The van der Waals surface area contributed by atoms with Crippen molar-refractivity contribution in [3.63, 3.8) is 0 Å². The minimum Gasteiger partial charge on any atom is -0.326 e. The van der Waals surface area contributed by atoms with Crippen molar-refractivity contribution in [1.29, 1.82) is 0 Å². The van der Waals surface area contributed by atoms with Gasteiger partial charge in [0.15, 0.2) is 5.03 Å². The number of aromatic amines is 1. The molecule has 6 nitrogen and oxygen atoms in total. The Bertz CT molecular complexity index is 467. The fraction of sp³-hybridized carbons (Fsp3) is 0.727. The van der Waals surface area contributed by atoms with Crippen LogP contribution in [0.15, 0.2) is 5.03 Å². The van der Waals surface area contributed by atoms with E-state index in [2.05, 4.69) is 21.8 Å². The summed E-state index contributed by atoms with van der Waals surface area (Å²) in [6.07, 6.45) is 4.12. The summed E-state index contributed by atoms with van der Waals surface area (Å²) in [4.78, 5) is 0. The molecule has 0 saturated carbocycles. The van der Waals surface area contributed by atoms with E-state index in [9.17, 15) is 8.42 Å². The lowest BCUT2D eigenvalue weighted by molar-refractivity contribution is 0.568. The third-order valence-electron chi connectivity index (χ3n) is 2.82. The summed E-state index contributed by atoms with van der Waals surface area (Å²) in [5.41, 5.74) is 6.78. The average molecular weight is 274 g/mol. The van der Waals surface area contributed by atoms with Gasteiger partial charge in [0.2, 0.25) is 0 Å². The molecular formula is C11H22N4O2S. The van der Waals surface area contributed by atoms with E-state index in [4.69, 9.17) is 5.73 Å². The molecule has 1 aromatic heterocycles. The summed E-state index contributed by atoms with van der Waals surface area (Å²) in [6, 6.07) is 0. The minimum absolute atomic E-state index is 0.0259. The van der Waals surface area contributed by atoms with E-state index in [1.807, 2.05) is 0 Å². The maximum atomic E-state index is 12.0. The highest BCUT2D eigenvalue weighted by molar-refractivity contribution is 7.89. The number of hydrogen-bond acceptors (Lipinski definition) is 4. The van der Waals surface area contributed by atoms with Crippen molar-refractivity contribution >= 4 is 10.0 Å². The lowest BCUT2D eigenvalue weighted by Crippen LogP contribution is -2.26. The predicted molar refractivity (Wildman–Crippen MR) is 70.5 cm³/mol. The lowest BCUT2D eigenvalue weighted by Gasteiger charge is -2.05. The molecule has 0 saturated heterocycles. The molecule has 0 aliphatic heterocycles. The van der Waals surface area contributed by atoms with E-state index < -0.39 is 10.0 Å². The first-order valence-corrected chi connectivity index (χ1v) is 7.74. The van der Waals surface area contributed by atoms with Gasteiger partial charge in [0, 0.05) is 24.3 Å². The van der Waals surface area contributed by atoms with Gasteiger partial charge in [0.05, 0.1) is 0 Å².